The van der Waals surface area contributed by atoms with Gasteiger partial charge in [0.2, 0.25) is 5.91 Å². The SMILES string of the molecule is CCCCNCCCN1C(=O)CSC1c1ccccc1.Cl. The zero-order valence-electron chi connectivity index (χ0n) is 12.6. The highest BCUT2D eigenvalue weighted by Gasteiger charge is 2.31. The van der Waals surface area contributed by atoms with Gasteiger partial charge in [-0.2, -0.15) is 0 Å². The van der Waals surface area contributed by atoms with Gasteiger partial charge < -0.3 is 10.2 Å². The predicted molar refractivity (Wildman–Crippen MR) is 93.0 cm³/mol. The van der Waals surface area contributed by atoms with Crippen LogP contribution in [0, 0.1) is 0 Å². The van der Waals surface area contributed by atoms with Crippen LogP contribution in [0.3, 0.4) is 0 Å². The second-order valence-corrected chi connectivity index (χ2v) is 6.19. The predicted octanol–water partition coefficient (Wildman–Crippen LogP) is 3.46. The molecule has 1 N–H and O–H groups in total. The van der Waals surface area contributed by atoms with Crippen molar-refractivity contribution in [1.82, 2.24) is 10.2 Å². The number of benzene rings is 1. The van der Waals surface area contributed by atoms with Gasteiger partial charge in [0, 0.05) is 6.54 Å². The molecule has 1 aliphatic rings. The van der Waals surface area contributed by atoms with Crippen molar-refractivity contribution >= 4 is 30.1 Å². The van der Waals surface area contributed by atoms with Gasteiger partial charge in [-0.1, -0.05) is 43.7 Å². The third-order valence-corrected chi connectivity index (χ3v) is 4.77. The fraction of sp³-hybridized carbons (Fsp3) is 0.562. The monoisotopic (exact) mass is 328 g/mol. The minimum Gasteiger partial charge on any atom is -0.326 e. The Kier molecular flexibility index (Phi) is 8.81. The van der Waals surface area contributed by atoms with Crippen molar-refractivity contribution in [3.05, 3.63) is 35.9 Å². The molecule has 5 heteroatoms. The normalized spacial score (nSPS) is 17.9. The second kappa shape index (κ2) is 10.1. The number of nitrogens with one attached hydrogen (secondary N) is 1. The minimum absolute atomic E-state index is 0. The highest BCUT2D eigenvalue weighted by molar-refractivity contribution is 8.00. The lowest BCUT2D eigenvalue weighted by Crippen LogP contribution is -2.31. The van der Waals surface area contributed by atoms with E-state index in [2.05, 4.69) is 24.4 Å². The van der Waals surface area contributed by atoms with Gasteiger partial charge in [-0.05, 0) is 31.5 Å². The van der Waals surface area contributed by atoms with Crippen molar-refractivity contribution < 1.29 is 4.79 Å². The Bertz CT molecular complexity index is 416. The standard InChI is InChI=1S/C16H24N2OS.ClH/c1-2-3-10-17-11-7-12-18-15(19)13-20-16(18)14-8-5-4-6-9-14;/h4-6,8-9,16-17H,2-3,7,10-13H2,1H3;1H. The summed E-state index contributed by atoms with van der Waals surface area (Å²) in [6.07, 6.45) is 3.48. The summed E-state index contributed by atoms with van der Waals surface area (Å²) in [6.45, 7) is 5.13. The lowest BCUT2D eigenvalue weighted by atomic mass is 10.2. The summed E-state index contributed by atoms with van der Waals surface area (Å²) in [6, 6.07) is 10.3. The topological polar surface area (TPSA) is 32.3 Å². The third kappa shape index (κ3) is 5.53. The number of hydrogen-bond acceptors (Lipinski definition) is 3. The lowest BCUT2D eigenvalue weighted by Gasteiger charge is -2.24. The van der Waals surface area contributed by atoms with Gasteiger partial charge in [0.1, 0.15) is 5.37 Å². The minimum atomic E-state index is 0. The van der Waals surface area contributed by atoms with E-state index in [0.717, 1.165) is 26.1 Å². The molecule has 1 aromatic rings. The molecule has 1 unspecified atom stereocenters. The van der Waals surface area contributed by atoms with Crippen molar-refractivity contribution in [2.45, 2.75) is 31.6 Å². The molecule has 118 valence electrons. The van der Waals surface area contributed by atoms with Crippen LogP contribution in [0.5, 0.6) is 0 Å². The Labute approximate surface area is 138 Å². The maximum Gasteiger partial charge on any atom is 0.233 e. The maximum atomic E-state index is 12.0. The van der Waals surface area contributed by atoms with Crippen LogP contribution in [0.2, 0.25) is 0 Å². The first-order valence-corrected chi connectivity index (χ1v) is 8.54. The molecule has 1 atom stereocenters. The number of unbranched alkanes of at least 4 members (excludes halogenated alkanes) is 1. The largest absolute Gasteiger partial charge is 0.326 e. The highest BCUT2D eigenvalue weighted by Crippen LogP contribution is 2.38. The first-order chi connectivity index (χ1) is 9.83. The van der Waals surface area contributed by atoms with Crippen LogP contribution in [0.15, 0.2) is 30.3 Å². The van der Waals surface area contributed by atoms with Crippen molar-refractivity contribution in [1.29, 1.82) is 0 Å². The molecule has 1 saturated heterocycles. The fourth-order valence-electron chi connectivity index (χ4n) is 2.39. The number of carbonyl (C=O) groups is 1. The fourth-order valence-corrected chi connectivity index (χ4v) is 3.61. The molecule has 2 rings (SSSR count). The van der Waals surface area contributed by atoms with Crippen LogP contribution >= 0.6 is 24.2 Å². The molecule has 0 saturated carbocycles. The molecule has 21 heavy (non-hydrogen) atoms. The summed E-state index contributed by atoms with van der Waals surface area (Å²) in [5, 5.41) is 3.64. The van der Waals surface area contributed by atoms with Crippen LogP contribution < -0.4 is 5.32 Å². The van der Waals surface area contributed by atoms with Gasteiger partial charge in [0.05, 0.1) is 5.75 Å². The summed E-state index contributed by atoms with van der Waals surface area (Å²) in [5.41, 5.74) is 1.24. The quantitative estimate of drug-likeness (QED) is 0.742. The molecule has 1 aliphatic heterocycles. The van der Waals surface area contributed by atoms with Crippen LogP contribution in [0.25, 0.3) is 0 Å². The van der Waals surface area contributed by atoms with E-state index in [0.29, 0.717) is 5.75 Å². The molecule has 0 spiro atoms. The van der Waals surface area contributed by atoms with Gasteiger partial charge in [-0.3, -0.25) is 4.79 Å². The van der Waals surface area contributed by atoms with E-state index in [9.17, 15) is 4.79 Å². The number of thioether (sulfide) groups is 1. The van der Waals surface area contributed by atoms with E-state index >= 15 is 0 Å². The van der Waals surface area contributed by atoms with Crippen LogP contribution in [0.1, 0.15) is 37.1 Å². The number of hydrogen-bond donors (Lipinski definition) is 1. The van der Waals surface area contributed by atoms with E-state index in [1.807, 2.05) is 23.1 Å². The van der Waals surface area contributed by atoms with Crippen LogP contribution in [-0.2, 0) is 4.79 Å². The number of nitrogens with zero attached hydrogens (tertiary/aromatic N) is 1. The molecule has 0 radical (unpaired) electrons. The van der Waals surface area contributed by atoms with Crippen molar-refractivity contribution in [3.8, 4) is 0 Å². The number of amides is 1. The molecule has 1 fully saturated rings. The molecule has 3 nitrogen and oxygen atoms in total. The molecule has 1 aromatic carbocycles. The summed E-state index contributed by atoms with van der Waals surface area (Å²) < 4.78 is 0. The number of rotatable bonds is 8. The maximum absolute atomic E-state index is 12.0. The lowest BCUT2D eigenvalue weighted by molar-refractivity contribution is -0.128. The number of halogens is 1. The van der Waals surface area contributed by atoms with Gasteiger partial charge in [0.25, 0.3) is 0 Å². The molecule has 1 heterocycles. The average Bonchev–Trinajstić information content (AvgIpc) is 2.85. The summed E-state index contributed by atoms with van der Waals surface area (Å²) in [4.78, 5) is 14.0. The first-order valence-electron chi connectivity index (χ1n) is 7.49. The average molecular weight is 329 g/mol. The van der Waals surface area contributed by atoms with E-state index in [1.54, 1.807) is 11.8 Å². The van der Waals surface area contributed by atoms with E-state index in [1.165, 1.54) is 18.4 Å². The summed E-state index contributed by atoms with van der Waals surface area (Å²) in [7, 11) is 0. The van der Waals surface area contributed by atoms with Gasteiger partial charge >= 0.3 is 0 Å². The summed E-state index contributed by atoms with van der Waals surface area (Å²) >= 11 is 1.74. The zero-order valence-corrected chi connectivity index (χ0v) is 14.2. The highest BCUT2D eigenvalue weighted by atomic mass is 35.5. The van der Waals surface area contributed by atoms with Crippen molar-refractivity contribution in [2.75, 3.05) is 25.4 Å². The Balaban J connectivity index is 0.00000220. The third-order valence-electron chi connectivity index (χ3n) is 3.51. The molecule has 1 amide bonds. The smallest absolute Gasteiger partial charge is 0.233 e. The van der Waals surface area contributed by atoms with Gasteiger partial charge in [0.15, 0.2) is 0 Å². The van der Waals surface area contributed by atoms with E-state index < -0.39 is 0 Å². The van der Waals surface area contributed by atoms with E-state index in [-0.39, 0.29) is 23.7 Å². The van der Waals surface area contributed by atoms with E-state index in [4.69, 9.17) is 0 Å². The van der Waals surface area contributed by atoms with Crippen LogP contribution in [-0.4, -0.2) is 36.2 Å². The Morgan fingerprint density at radius 1 is 1.24 bits per heavy atom. The molecule has 0 bridgehead atoms. The first kappa shape index (κ1) is 18.3. The van der Waals surface area contributed by atoms with Crippen molar-refractivity contribution in [3.63, 3.8) is 0 Å². The Hall–Kier alpha value is -0.710. The van der Waals surface area contributed by atoms with Gasteiger partial charge in [-0.15, -0.1) is 24.2 Å². The molecular weight excluding hydrogens is 304 g/mol. The Morgan fingerprint density at radius 3 is 2.67 bits per heavy atom. The zero-order chi connectivity index (χ0) is 14.2. The second-order valence-electron chi connectivity index (χ2n) is 5.12. The Morgan fingerprint density at radius 2 is 1.95 bits per heavy atom. The van der Waals surface area contributed by atoms with Gasteiger partial charge in [-0.25, -0.2) is 0 Å². The number of carbonyl (C=O) groups excluding carboxylic acids is 1. The van der Waals surface area contributed by atoms with Crippen LogP contribution in [0.4, 0.5) is 0 Å². The van der Waals surface area contributed by atoms with Crippen molar-refractivity contribution in [2.24, 2.45) is 0 Å². The summed E-state index contributed by atoms with van der Waals surface area (Å²) in [5.74, 6) is 0.889. The molecule has 0 aliphatic carbocycles. The molecular formula is C16H25ClN2OS. The molecule has 0 aromatic heterocycles.